The number of aromatic nitrogens is 4. The fourth-order valence-electron chi connectivity index (χ4n) is 1.66. The summed E-state index contributed by atoms with van der Waals surface area (Å²) in [5.74, 6) is 1.06. The van der Waals surface area contributed by atoms with Crippen molar-refractivity contribution in [2.75, 3.05) is 5.32 Å². The average Bonchev–Trinajstić information content (AvgIpc) is 3.07. The van der Waals surface area contributed by atoms with E-state index in [9.17, 15) is 0 Å². The summed E-state index contributed by atoms with van der Waals surface area (Å²) in [6.45, 7) is 0.457. The molecule has 0 saturated carbocycles. The van der Waals surface area contributed by atoms with Crippen LogP contribution in [-0.4, -0.2) is 25.0 Å². The number of nitrogens with zero attached hydrogens (tertiary/aromatic N) is 4. The summed E-state index contributed by atoms with van der Waals surface area (Å²) < 4.78 is 5.22. The summed E-state index contributed by atoms with van der Waals surface area (Å²) in [5.41, 5.74) is 0. The van der Waals surface area contributed by atoms with Crippen molar-refractivity contribution < 1.29 is 4.42 Å². The minimum Gasteiger partial charge on any atom is -0.467 e. The van der Waals surface area contributed by atoms with Crippen LogP contribution in [0.15, 0.2) is 57.5 Å². The first-order chi connectivity index (χ1) is 11.7. The zero-order valence-corrected chi connectivity index (χ0v) is 14.5. The highest BCUT2D eigenvalue weighted by Crippen LogP contribution is 2.25. The number of hydrogen-bond acceptors (Lipinski definition) is 7. The SMILES string of the molecule is S=C(NCc1ccco1)Nc1nc(Cl)cc(Sc2ncccn2)n1. The zero-order valence-electron chi connectivity index (χ0n) is 12.1. The molecule has 0 aliphatic rings. The van der Waals surface area contributed by atoms with Crippen LogP contribution in [0.3, 0.4) is 0 Å². The highest BCUT2D eigenvalue weighted by Gasteiger charge is 2.08. The third-order valence-electron chi connectivity index (χ3n) is 2.64. The molecule has 3 heterocycles. The smallest absolute Gasteiger partial charge is 0.231 e. The molecule has 0 amide bonds. The van der Waals surface area contributed by atoms with Crippen molar-refractivity contribution in [2.45, 2.75) is 16.7 Å². The number of furan rings is 1. The van der Waals surface area contributed by atoms with E-state index in [2.05, 4.69) is 30.6 Å². The van der Waals surface area contributed by atoms with Gasteiger partial charge in [0.1, 0.15) is 15.9 Å². The third kappa shape index (κ3) is 4.88. The molecule has 0 spiro atoms. The molecule has 0 fully saturated rings. The number of thiocarbonyl (C=S) groups is 1. The van der Waals surface area contributed by atoms with Gasteiger partial charge < -0.3 is 15.1 Å². The fourth-order valence-corrected chi connectivity index (χ4v) is 2.79. The van der Waals surface area contributed by atoms with Gasteiger partial charge in [0.25, 0.3) is 0 Å². The molecule has 0 bridgehead atoms. The van der Waals surface area contributed by atoms with Crippen molar-refractivity contribution in [3.8, 4) is 0 Å². The Balaban J connectivity index is 1.63. The highest BCUT2D eigenvalue weighted by atomic mass is 35.5. The molecule has 122 valence electrons. The minimum absolute atomic E-state index is 0.290. The summed E-state index contributed by atoms with van der Waals surface area (Å²) in [6, 6.07) is 7.03. The summed E-state index contributed by atoms with van der Waals surface area (Å²) in [7, 11) is 0. The molecular formula is C14H11ClN6OS2. The summed E-state index contributed by atoms with van der Waals surface area (Å²) in [4.78, 5) is 16.7. The van der Waals surface area contributed by atoms with Crippen LogP contribution in [0.4, 0.5) is 5.95 Å². The average molecular weight is 379 g/mol. The van der Waals surface area contributed by atoms with Crippen molar-refractivity contribution in [2.24, 2.45) is 0 Å². The number of nitrogens with one attached hydrogen (secondary N) is 2. The predicted octanol–water partition coefficient (Wildman–Crippen LogP) is 3.15. The molecule has 0 unspecified atom stereocenters. The lowest BCUT2D eigenvalue weighted by Gasteiger charge is -2.09. The molecule has 3 rings (SSSR count). The van der Waals surface area contributed by atoms with E-state index in [4.69, 9.17) is 28.2 Å². The van der Waals surface area contributed by atoms with E-state index in [0.717, 1.165) is 5.76 Å². The van der Waals surface area contributed by atoms with E-state index in [1.807, 2.05) is 12.1 Å². The number of anilines is 1. The monoisotopic (exact) mass is 378 g/mol. The first kappa shape index (κ1) is 16.6. The van der Waals surface area contributed by atoms with E-state index in [0.29, 0.717) is 27.0 Å². The van der Waals surface area contributed by atoms with Crippen molar-refractivity contribution >= 4 is 46.6 Å². The van der Waals surface area contributed by atoms with Crippen molar-refractivity contribution in [1.29, 1.82) is 0 Å². The van der Waals surface area contributed by atoms with E-state index in [-0.39, 0.29) is 5.95 Å². The van der Waals surface area contributed by atoms with Crippen molar-refractivity contribution in [3.05, 3.63) is 53.8 Å². The maximum absolute atomic E-state index is 6.03. The van der Waals surface area contributed by atoms with Crippen LogP contribution in [0.1, 0.15) is 5.76 Å². The van der Waals surface area contributed by atoms with Crippen molar-refractivity contribution in [3.63, 3.8) is 0 Å². The van der Waals surface area contributed by atoms with Gasteiger partial charge in [0.15, 0.2) is 10.3 Å². The predicted molar refractivity (Wildman–Crippen MR) is 95.0 cm³/mol. The van der Waals surface area contributed by atoms with Crippen LogP contribution in [0.5, 0.6) is 0 Å². The van der Waals surface area contributed by atoms with Crippen LogP contribution < -0.4 is 10.6 Å². The van der Waals surface area contributed by atoms with E-state index < -0.39 is 0 Å². The topological polar surface area (TPSA) is 88.8 Å². The molecule has 24 heavy (non-hydrogen) atoms. The van der Waals surface area contributed by atoms with Gasteiger partial charge in [0.2, 0.25) is 5.95 Å². The maximum atomic E-state index is 6.03. The fraction of sp³-hybridized carbons (Fsp3) is 0.0714. The van der Waals surface area contributed by atoms with Gasteiger partial charge in [-0.1, -0.05) is 11.6 Å². The molecule has 0 saturated heterocycles. The molecule has 0 radical (unpaired) electrons. The van der Waals surface area contributed by atoms with Gasteiger partial charge in [0, 0.05) is 18.5 Å². The Morgan fingerprint density at radius 3 is 2.83 bits per heavy atom. The standard InChI is InChI=1S/C14H11ClN6OS2/c15-10-7-11(24-14-16-4-2-5-17-14)20-12(19-10)21-13(23)18-8-9-3-1-6-22-9/h1-7H,8H2,(H2,18,19,20,21,23). The van der Waals surface area contributed by atoms with Gasteiger partial charge in [0.05, 0.1) is 12.8 Å². The minimum atomic E-state index is 0.290. The molecule has 2 N–H and O–H groups in total. The third-order valence-corrected chi connectivity index (χ3v) is 3.89. The van der Waals surface area contributed by atoms with Gasteiger partial charge in [-0.2, -0.15) is 0 Å². The molecule has 7 nitrogen and oxygen atoms in total. The summed E-state index contributed by atoms with van der Waals surface area (Å²) in [5, 5.41) is 7.71. The molecule has 0 aliphatic heterocycles. The maximum Gasteiger partial charge on any atom is 0.231 e. The Morgan fingerprint density at radius 1 is 1.25 bits per heavy atom. The lowest BCUT2D eigenvalue weighted by molar-refractivity contribution is 0.503. The lowest BCUT2D eigenvalue weighted by atomic mass is 10.4. The zero-order chi connectivity index (χ0) is 16.8. The van der Waals surface area contributed by atoms with E-state index in [1.165, 1.54) is 11.8 Å². The quantitative estimate of drug-likeness (QED) is 0.394. The largest absolute Gasteiger partial charge is 0.467 e. The number of halogens is 1. The first-order valence-electron chi connectivity index (χ1n) is 6.76. The van der Waals surface area contributed by atoms with Gasteiger partial charge in [-0.15, -0.1) is 0 Å². The molecule has 3 aromatic rings. The Kier molecular flexibility index (Phi) is 5.57. The Bertz CT molecular complexity index is 815. The molecule has 0 aromatic carbocycles. The second kappa shape index (κ2) is 8.04. The Hall–Kier alpha value is -2.23. The molecule has 0 aliphatic carbocycles. The van der Waals surface area contributed by atoms with Crippen LogP contribution >= 0.6 is 35.6 Å². The number of rotatable bonds is 5. The molecule has 10 heteroatoms. The summed E-state index contributed by atoms with van der Waals surface area (Å²) >= 11 is 12.5. The Morgan fingerprint density at radius 2 is 2.08 bits per heavy atom. The van der Waals surface area contributed by atoms with E-state index in [1.54, 1.807) is 30.8 Å². The molecular weight excluding hydrogens is 368 g/mol. The van der Waals surface area contributed by atoms with Crippen LogP contribution in [-0.2, 0) is 6.54 Å². The van der Waals surface area contributed by atoms with Crippen LogP contribution in [0.25, 0.3) is 0 Å². The second-order valence-corrected chi connectivity index (χ2v) is 6.16. The molecule has 0 atom stereocenters. The Labute approximate surface area is 152 Å². The van der Waals surface area contributed by atoms with Gasteiger partial charge in [-0.3, -0.25) is 0 Å². The van der Waals surface area contributed by atoms with E-state index >= 15 is 0 Å². The lowest BCUT2D eigenvalue weighted by Crippen LogP contribution is -2.28. The van der Waals surface area contributed by atoms with Gasteiger partial charge >= 0.3 is 0 Å². The van der Waals surface area contributed by atoms with Gasteiger partial charge in [-0.25, -0.2) is 19.9 Å². The van der Waals surface area contributed by atoms with Crippen molar-refractivity contribution in [1.82, 2.24) is 25.3 Å². The van der Waals surface area contributed by atoms with Crippen LogP contribution in [0, 0.1) is 0 Å². The van der Waals surface area contributed by atoms with Crippen LogP contribution in [0.2, 0.25) is 5.15 Å². The highest BCUT2D eigenvalue weighted by molar-refractivity contribution is 7.99. The normalized spacial score (nSPS) is 10.4. The first-order valence-corrected chi connectivity index (χ1v) is 8.36. The van der Waals surface area contributed by atoms with Gasteiger partial charge in [-0.05, 0) is 42.2 Å². The number of hydrogen-bond donors (Lipinski definition) is 2. The summed E-state index contributed by atoms with van der Waals surface area (Å²) in [6.07, 6.45) is 4.92. The molecule has 3 aromatic heterocycles. The second-order valence-electron chi connectivity index (χ2n) is 4.37.